The molecule has 0 atom stereocenters. The lowest BCUT2D eigenvalue weighted by molar-refractivity contribution is -0.113. The second-order valence-electron chi connectivity index (χ2n) is 5.52. The molecule has 2 rings (SSSR count). The zero-order chi connectivity index (χ0) is 15.8. The predicted molar refractivity (Wildman–Crippen MR) is 88.1 cm³/mol. The first-order valence-corrected chi connectivity index (χ1v) is 7.51. The molecule has 1 heterocycles. The van der Waals surface area contributed by atoms with Gasteiger partial charge in [0.05, 0.1) is 6.61 Å². The number of nitrogens with one attached hydrogen (secondary N) is 1. The van der Waals surface area contributed by atoms with Crippen LogP contribution in [-0.2, 0) is 11.3 Å². The Labute approximate surface area is 131 Å². The van der Waals surface area contributed by atoms with Crippen molar-refractivity contribution < 1.29 is 9.53 Å². The van der Waals surface area contributed by atoms with Crippen LogP contribution in [0.2, 0.25) is 0 Å². The van der Waals surface area contributed by atoms with Crippen molar-refractivity contribution in [3.63, 3.8) is 0 Å². The molecule has 0 spiro atoms. The molecule has 5 nitrogen and oxygen atoms in total. The van der Waals surface area contributed by atoms with Crippen molar-refractivity contribution in [2.75, 3.05) is 27.2 Å². The Morgan fingerprint density at radius 3 is 2.73 bits per heavy atom. The van der Waals surface area contributed by atoms with Gasteiger partial charge < -0.3 is 15.0 Å². The van der Waals surface area contributed by atoms with Gasteiger partial charge in [-0.1, -0.05) is 12.1 Å². The summed E-state index contributed by atoms with van der Waals surface area (Å²) >= 11 is 0. The van der Waals surface area contributed by atoms with Crippen molar-refractivity contribution in [2.24, 2.45) is 4.99 Å². The Balaban J connectivity index is 1.64. The summed E-state index contributed by atoms with van der Waals surface area (Å²) in [6.07, 6.45) is 4.43. The molecule has 0 unspecified atom stereocenters. The standard InChI is InChI=1S/C17H23N3O2/c1-20(2)13-14-4-6-16(7-5-14)22-11-3-9-18-17-12-15(21)8-10-19-17/h4-7,10,12,18H,3,8-9,11,13H2,1-2H3. The molecule has 0 radical (unpaired) electrons. The average molecular weight is 301 g/mol. The molecule has 1 aliphatic heterocycles. The summed E-state index contributed by atoms with van der Waals surface area (Å²) in [4.78, 5) is 17.5. The molecule has 1 aliphatic rings. The van der Waals surface area contributed by atoms with Gasteiger partial charge >= 0.3 is 0 Å². The van der Waals surface area contributed by atoms with E-state index in [1.54, 1.807) is 12.3 Å². The van der Waals surface area contributed by atoms with E-state index >= 15 is 0 Å². The molecule has 0 aromatic heterocycles. The molecule has 0 saturated heterocycles. The van der Waals surface area contributed by atoms with Gasteiger partial charge in [-0.2, -0.15) is 0 Å². The number of aliphatic imine (C=N–C) groups is 1. The van der Waals surface area contributed by atoms with E-state index < -0.39 is 0 Å². The quantitative estimate of drug-likeness (QED) is 0.746. The molecule has 1 aromatic carbocycles. The summed E-state index contributed by atoms with van der Waals surface area (Å²) in [6.45, 7) is 2.29. The van der Waals surface area contributed by atoms with Crippen LogP contribution in [0, 0.1) is 0 Å². The Bertz CT molecular complexity index is 548. The third-order valence-electron chi connectivity index (χ3n) is 3.14. The van der Waals surface area contributed by atoms with E-state index in [2.05, 4.69) is 41.4 Å². The summed E-state index contributed by atoms with van der Waals surface area (Å²) in [7, 11) is 4.10. The summed E-state index contributed by atoms with van der Waals surface area (Å²) in [5.74, 6) is 1.61. The highest BCUT2D eigenvalue weighted by Crippen LogP contribution is 2.13. The Morgan fingerprint density at radius 1 is 1.27 bits per heavy atom. The fourth-order valence-electron chi connectivity index (χ4n) is 2.11. The molecule has 118 valence electrons. The first-order chi connectivity index (χ1) is 10.6. The van der Waals surface area contributed by atoms with Crippen molar-refractivity contribution in [3.8, 4) is 5.75 Å². The lowest BCUT2D eigenvalue weighted by atomic mass is 10.2. The van der Waals surface area contributed by atoms with Gasteiger partial charge in [0, 0.05) is 31.8 Å². The highest BCUT2D eigenvalue weighted by Gasteiger charge is 2.04. The molecule has 0 amide bonds. The normalized spacial score (nSPS) is 14.1. The Hall–Kier alpha value is -2.14. The third kappa shape index (κ3) is 5.69. The maximum Gasteiger partial charge on any atom is 0.164 e. The molecular formula is C17H23N3O2. The number of hydrogen-bond acceptors (Lipinski definition) is 5. The first kappa shape index (κ1) is 16.2. The number of nitrogens with zero attached hydrogens (tertiary/aromatic N) is 2. The molecule has 1 aromatic rings. The van der Waals surface area contributed by atoms with Crippen LogP contribution in [-0.4, -0.2) is 44.1 Å². The number of carbonyl (C=O) groups excluding carboxylic acids is 1. The first-order valence-electron chi connectivity index (χ1n) is 7.51. The predicted octanol–water partition coefficient (Wildman–Crippen LogP) is 1.99. The van der Waals surface area contributed by atoms with Crippen LogP contribution in [0.3, 0.4) is 0 Å². The average Bonchev–Trinajstić information content (AvgIpc) is 2.48. The smallest absolute Gasteiger partial charge is 0.164 e. The van der Waals surface area contributed by atoms with Crippen molar-refractivity contribution >= 4 is 12.0 Å². The van der Waals surface area contributed by atoms with Crippen molar-refractivity contribution in [2.45, 2.75) is 19.4 Å². The minimum Gasteiger partial charge on any atom is -0.494 e. The zero-order valence-electron chi connectivity index (χ0n) is 13.2. The number of hydrogen-bond donors (Lipinski definition) is 1. The van der Waals surface area contributed by atoms with Crippen LogP contribution in [0.1, 0.15) is 18.4 Å². The summed E-state index contributed by atoms with van der Waals surface area (Å²) in [5.41, 5.74) is 1.27. The summed E-state index contributed by atoms with van der Waals surface area (Å²) in [6, 6.07) is 8.17. The van der Waals surface area contributed by atoms with Gasteiger partial charge in [-0.3, -0.25) is 4.79 Å². The lowest BCUT2D eigenvalue weighted by Crippen LogP contribution is -2.19. The van der Waals surface area contributed by atoms with E-state index in [4.69, 9.17) is 4.74 Å². The maximum atomic E-state index is 11.2. The number of ketones is 1. The van der Waals surface area contributed by atoms with E-state index in [0.29, 0.717) is 18.8 Å². The zero-order valence-corrected chi connectivity index (χ0v) is 13.2. The van der Waals surface area contributed by atoms with Crippen molar-refractivity contribution in [3.05, 3.63) is 41.7 Å². The topological polar surface area (TPSA) is 53.9 Å². The Kier molecular flexibility index (Phi) is 6.15. The highest BCUT2D eigenvalue weighted by atomic mass is 16.5. The maximum absolute atomic E-state index is 11.2. The molecular weight excluding hydrogens is 278 g/mol. The SMILES string of the molecule is CN(C)Cc1ccc(OCCCNC2=CC(=O)CC=N2)cc1. The monoisotopic (exact) mass is 301 g/mol. The van der Waals surface area contributed by atoms with Gasteiger partial charge in [0.2, 0.25) is 0 Å². The number of benzene rings is 1. The molecule has 0 saturated carbocycles. The minimum atomic E-state index is 0.0894. The second kappa shape index (κ2) is 8.34. The Morgan fingerprint density at radius 2 is 2.05 bits per heavy atom. The van der Waals surface area contributed by atoms with Crippen LogP contribution in [0.15, 0.2) is 41.2 Å². The minimum absolute atomic E-state index is 0.0894. The van der Waals surface area contributed by atoms with E-state index in [0.717, 1.165) is 25.3 Å². The van der Waals surface area contributed by atoms with Crippen LogP contribution in [0.25, 0.3) is 0 Å². The molecule has 1 N–H and O–H groups in total. The summed E-state index contributed by atoms with van der Waals surface area (Å²) in [5, 5.41) is 3.13. The molecule has 0 bridgehead atoms. The van der Waals surface area contributed by atoms with E-state index in [1.807, 2.05) is 12.1 Å². The van der Waals surface area contributed by atoms with Gasteiger partial charge in [0.15, 0.2) is 5.78 Å². The fraction of sp³-hybridized carbons (Fsp3) is 0.412. The van der Waals surface area contributed by atoms with E-state index in [1.165, 1.54) is 5.56 Å². The number of rotatable bonds is 8. The summed E-state index contributed by atoms with van der Waals surface area (Å²) < 4.78 is 5.70. The van der Waals surface area contributed by atoms with Crippen molar-refractivity contribution in [1.82, 2.24) is 10.2 Å². The highest BCUT2D eigenvalue weighted by molar-refractivity contribution is 6.01. The van der Waals surface area contributed by atoms with E-state index in [9.17, 15) is 4.79 Å². The second-order valence-corrected chi connectivity index (χ2v) is 5.52. The van der Waals surface area contributed by atoms with Crippen LogP contribution in [0.4, 0.5) is 0 Å². The number of ether oxygens (including phenoxy) is 1. The van der Waals surface area contributed by atoms with Gasteiger partial charge in [-0.05, 0) is 38.2 Å². The van der Waals surface area contributed by atoms with Crippen LogP contribution < -0.4 is 10.1 Å². The molecule has 22 heavy (non-hydrogen) atoms. The molecule has 0 fully saturated rings. The third-order valence-corrected chi connectivity index (χ3v) is 3.14. The molecule has 0 aliphatic carbocycles. The van der Waals surface area contributed by atoms with Gasteiger partial charge in [-0.25, -0.2) is 4.99 Å². The van der Waals surface area contributed by atoms with Crippen LogP contribution >= 0.6 is 0 Å². The fourth-order valence-corrected chi connectivity index (χ4v) is 2.11. The number of carbonyl (C=O) groups is 1. The van der Waals surface area contributed by atoms with Crippen LogP contribution in [0.5, 0.6) is 5.75 Å². The molecule has 5 heteroatoms. The van der Waals surface area contributed by atoms with Crippen molar-refractivity contribution in [1.29, 1.82) is 0 Å². The van der Waals surface area contributed by atoms with Gasteiger partial charge in [0.25, 0.3) is 0 Å². The van der Waals surface area contributed by atoms with Gasteiger partial charge in [0.1, 0.15) is 11.6 Å². The van der Waals surface area contributed by atoms with Gasteiger partial charge in [-0.15, -0.1) is 0 Å². The number of allylic oxidation sites excluding steroid dienone is 1. The van der Waals surface area contributed by atoms with E-state index in [-0.39, 0.29) is 5.78 Å². The largest absolute Gasteiger partial charge is 0.494 e. The lowest BCUT2D eigenvalue weighted by Gasteiger charge is -2.11.